The topological polar surface area (TPSA) is 90.8 Å². The third-order valence-electron chi connectivity index (χ3n) is 3.44. The summed E-state index contributed by atoms with van der Waals surface area (Å²) < 4.78 is 27.1. The summed E-state index contributed by atoms with van der Waals surface area (Å²) in [6, 6.07) is 5.00. The number of aliphatic hydroxyl groups excluding tert-OH is 1. The van der Waals surface area contributed by atoms with Crippen LogP contribution in [0.5, 0.6) is 0 Å². The second kappa shape index (κ2) is 6.03. The highest BCUT2D eigenvalue weighted by atomic mass is 32.2. The van der Waals surface area contributed by atoms with Crippen LogP contribution in [0.3, 0.4) is 0 Å². The molecule has 3 N–H and O–H groups in total. The fourth-order valence-corrected chi connectivity index (χ4v) is 3.23. The van der Waals surface area contributed by atoms with Crippen molar-refractivity contribution in [2.45, 2.75) is 44.0 Å². The predicted molar refractivity (Wildman–Crippen MR) is 83.1 cm³/mol. The number of fused-ring (bicyclic) bond motifs is 1. The summed E-state index contributed by atoms with van der Waals surface area (Å²) >= 11 is 0. The number of hydrogen-bond donors (Lipinski definition) is 3. The maximum Gasteiger partial charge on any atom is 0.266 e. The lowest BCUT2D eigenvalue weighted by molar-refractivity contribution is 0.264. The van der Waals surface area contributed by atoms with E-state index in [9.17, 15) is 8.42 Å². The van der Waals surface area contributed by atoms with Crippen LogP contribution in [-0.2, 0) is 10.0 Å². The van der Waals surface area contributed by atoms with Gasteiger partial charge in [-0.2, -0.15) is 0 Å². The van der Waals surface area contributed by atoms with Crippen LogP contribution in [0.1, 0.15) is 38.7 Å². The van der Waals surface area contributed by atoms with Gasteiger partial charge in [0.05, 0.1) is 18.3 Å². The summed E-state index contributed by atoms with van der Waals surface area (Å²) in [6.45, 7) is 5.78. The molecular weight excluding hydrogens is 290 g/mol. The number of benzene rings is 1. The first-order valence-electron chi connectivity index (χ1n) is 6.99. The zero-order valence-corrected chi connectivity index (χ0v) is 13.2. The van der Waals surface area contributed by atoms with Gasteiger partial charge in [-0.05, 0) is 30.0 Å². The van der Waals surface area contributed by atoms with Crippen molar-refractivity contribution in [1.82, 2.24) is 4.72 Å². The van der Waals surface area contributed by atoms with E-state index in [0.717, 1.165) is 5.56 Å². The molecule has 1 aromatic carbocycles. The van der Waals surface area contributed by atoms with E-state index >= 15 is 0 Å². The highest BCUT2D eigenvalue weighted by Gasteiger charge is 2.27. The van der Waals surface area contributed by atoms with Crippen molar-refractivity contribution in [1.29, 1.82) is 0 Å². The molecule has 21 heavy (non-hydrogen) atoms. The summed E-state index contributed by atoms with van der Waals surface area (Å²) in [4.78, 5) is 4.42. The van der Waals surface area contributed by atoms with Crippen LogP contribution in [0.2, 0.25) is 0 Å². The van der Waals surface area contributed by atoms with Crippen LogP contribution in [0.25, 0.3) is 0 Å². The minimum atomic E-state index is -3.63. The molecule has 7 heteroatoms. The Morgan fingerprint density at radius 3 is 2.62 bits per heavy atom. The number of anilines is 1. The van der Waals surface area contributed by atoms with Gasteiger partial charge in [0.25, 0.3) is 10.0 Å². The van der Waals surface area contributed by atoms with Crippen LogP contribution in [0.15, 0.2) is 28.1 Å². The fraction of sp³-hybridized carbons (Fsp3) is 0.500. The Kier molecular flexibility index (Phi) is 4.53. The Morgan fingerprint density at radius 1 is 1.33 bits per heavy atom. The number of aliphatic hydroxyl groups is 1. The first-order chi connectivity index (χ1) is 9.87. The van der Waals surface area contributed by atoms with Crippen molar-refractivity contribution < 1.29 is 13.5 Å². The van der Waals surface area contributed by atoms with Gasteiger partial charge in [0.1, 0.15) is 4.90 Å². The molecule has 0 aliphatic carbocycles. The SMILES string of the molecule is CCC(CO)N=C1Nc2ccc(C(C)C)cc2S(=O)(=O)N1. The number of rotatable bonds is 4. The lowest BCUT2D eigenvalue weighted by Crippen LogP contribution is -2.41. The number of nitrogens with zero attached hydrogens (tertiary/aromatic N) is 1. The summed E-state index contributed by atoms with van der Waals surface area (Å²) in [6.07, 6.45) is 0.628. The maximum atomic E-state index is 12.3. The largest absolute Gasteiger partial charge is 0.394 e. The summed E-state index contributed by atoms with van der Waals surface area (Å²) in [5.41, 5.74) is 1.47. The molecular formula is C14H21N3O3S. The number of nitrogens with one attached hydrogen (secondary N) is 2. The minimum absolute atomic E-state index is 0.122. The van der Waals surface area contributed by atoms with E-state index in [0.29, 0.717) is 12.1 Å². The average Bonchev–Trinajstić information content (AvgIpc) is 2.43. The molecule has 2 rings (SSSR count). The standard InChI is InChI=1S/C14H21N3O3S/c1-4-11(8-18)15-14-16-12-6-5-10(9(2)3)7-13(12)21(19,20)17-14/h5-7,9,11,18H,4,8H2,1-3H3,(H2,15,16,17). The van der Waals surface area contributed by atoms with Crippen molar-refractivity contribution in [2.75, 3.05) is 11.9 Å². The molecule has 0 spiro atoms. The Bertz CT molecular complexity index is 649. The fourth-order valence-electron chi connectivity index (χ4n) is 2.06. The molecule has 0 saturated heterocycles. The number of sulfonamides is 1. The summed E-state index contributed by atoms with van der Waals surface area (Å²) in [7, 11) is -3.63. The van der Waals surface area contributed by atoms with Crippen LogP contribution >= 0.6 is 0 Å². The molecule has 0 aromatic heterocycles. The normalized spacial score (nSPS) is 19.8. The number of aliphatic imine (C=N–C) groups is 1. The number of hydrogen-bond acceptors (Lipinski definition) is 4. The van der Waals surface area contributed by atoms with Gasteiger partial charge in [0, 0.05) is 0 Å². The Labute approximate surface area is 125 Å². The molecule has 0 saturated carbocycles. The van der Waals surface area contributed by atoms with E-state index in [1.165, 1.54) is 0 Å². The molecule has 1 aliphatic rings. The molecule has 1 aromatic rings. The van der Waals surface area contributed by atoms with Crippen LogP contribution in [-0.4, -0.2) is 32.1 Å². The van der Waals surface area contributed by atoms with Gasteiger partial charge in [-0.1, -0.05) is 26.8 Å². The summed E-state index contributed by atoms with van der Waals surface area (Å²) in [5.74, 6) is 0.403. The molecule has 0 fully saturated rings. The highest BCUT2D eigenvalue weighted by Crippen LogP contribution is 2.28. The first-order valence-corrected chi connectivity index (χ1v) is 8.48. The van der Waals surface area contributed by atoms with E-state index < -0.39 is 10.0 Å². The zero-order valence-electron chi connectivity index (χ0n) is 12.4. The molecule has 1 atom stereocenters. The average molecular weight is 311 g/mol. The van der Waals surface area contributed by atoms with Crippen molar-refractivity contribution in [3.05, 3.63) is 23.8 Å². The summed E-state index contributed by atoms with van der Waals surface area (Å²) in [5, 5.41) is 12.1. The van der Waals surface area contributed by atoms with Gasteiger partial charge in [-0.3, -0.25) is 0 Å². The van der Waals surface area contributed by atoms with Gasteiger partial charge in [0.2, 0.25) is 5.96 Å². The molecule has 1 aliphatic heterocycles. The highest BCUT2D eigenvalue weighted by molar-refractivity contribution is 7.90. The van der Waals surface area contributed by atoms with Crippen LogP contribution in [0, 0.1) is 0 Å². The second-order valence-electron chi connectivity index (χ2n) is 5.36. The van der Waals surface area contributed by atoms with Crippen LogP contribution < -0.4 is 10.0 Å². The predicted octanol–water partition coefficient (Wildman–Crippen LogP) is 1.64. The molecule has 6 nitrogen and oxygen atoms in total. The van der Waals surface area contributed by atoms with Gasteiger partial charge >= 0.3 is 0 Å². The molecule has 1 unspecified atom stereocenters. The lowest BCUT2D eigenvalue weighted by atomic mass is 10.0. The van der Waals surface area contributed by atoms with E-state index in [1.54, 1.807) is 12.1 Å². The van der Waals surface area contributed by atoms with E-state index in [1.807, 2.05) is 26.8 Å². The third-order valence-corrected chi connectivity index (χ3v) is 4.82. The Balaban J connectivity index is 2.42. The monoisotopic (exact) mass is 311 g/mol. The van der Waals surface area contributed by atoms with Crippen molar-refractivity contribution in [3.63, 3.8) is 0 Å². The van der Waals surface area contributed by atoms with E-state index in [-0.39, 0.29) is 29.4 Å². The first kappa shape index (κ1) is 15.8. The van der Waals surface area contributed by atoms with Crippen LogP contribution in [0.4, 0.5) is 5.69 Å². The van der Waals surface area contributed by atoms with Crippen molar-refractivity contribution >= 4 is 21.7 Å². The van der Waals surface area contributed by atoms with E-state index in [2.05, 4.69) is 15.0 Å². The van der Waals surface area contributed by atoms with Gasteiger partial charge < -0.3 is 10.4 Å². The Morgan fingerprint density at radius 2 is 2.05 bits per heavy atom. The lowest BCUT2D eigenvalue weighted by Gasteiger charge is -2.23. The van der Waals surface area contributed by atoms with Crippen molar-refractivity contribution in [3.8, 4) is 0 Å². The van der Waals surface area contributed by atoms with Gasteiger partial charge in [-0.25, -0.2) is 18.1 Å². The quantitative estimate of drug-likeness (QED) is 0.788. The van der Waals surface area contributed by atoms with Crippen molar-refractivity contribution in [2.24, 2.45) is 4.99 Å². The molecule has 1 heterocycles. The zero-order chi connectivity index (χ0) is 15.6. The molecule has 0 amide bonds. The molecule has 0 bridgehead atoms. The van der Waals surface area contributed by atoms with E-state index in [4.69, 9.17) is 5.11 Å². The third kappa shape index (κ3) is 3.36. The van der Waals surface area contributed by atoms with Gasteiger partial charge in [0.15, 0.2) is 0 Å². The van der Waals surface area contributed by atoms with Gasteiger partial charge in [-0.15, -0.1) is 0 Å². The Hall–Kier alpha value is -1.60. The molecule has 116 valence electrons. The molecule has 0 radical (unpaired) electrons. The maximum absolute atomic E-state index is 12.3. The smallest absolute Gasteiger partial charge is 0.266 e. The second-order valence-corrected chi connectivity index (χ2v) is 7.01. The number of guanidine groups is 1. The minimum Gasteiger partial charge on any atom is -0.394 e.